The first-order valence-corrected chi connectivity index (χ1v) is 7.61. The lowest BCUT2D eigenvalue weighted by molar-refractivity contribution is -0.120. The van der Waals surface area contributed by atoms with Crippen molar-refractivity contribution in [2.24, 2.45) is 5.92 Å². The van der Waals surface area contributed by atoms with Crippen LogP contribution in [0.25, 0.3) is 0 Å². The highest BCUT2D eigenvalue weighted by atomic mass is 32.1. The molecule has 2 rings (SSSR count). The summed E-state index contributed by atoms with van der Waals surface area (Å²) < 4.78 is 4.74. The minimum Gasteiger partial charge on any atom is -0.465 e. The zero-order chi connectivity index (χ0) is 14.7. The highest BCUT2D eigenvalue weighted by Crippen LogP contribution is 2.29. The third-order valence-corrected chi connectivity index (χ3v) is 4.67. The van der Waals surface area contributed by atoms with Crippen molar-refractivity contribution < 1.29 is 14.3 Å². The zero-order valence-corrected chi connectivity index (χ0v) is 12.8. The van der Waals surface area contributed by atoms with E-state index < -0.39 is 5.97 Å². The van der Waals surface area contributed by atoms with Gasteiger partial charge in [0.1, 0.15) is 4.88 Å². The van der Waals surface area contributed by atoms with E-state index >= 15 is 0 Å². The molecule has 2 atom stereocenters. The van der Waals surface area contributed by atoms with Crippen molar-refractivity contribution in [1.82, 2.24) is 5.32 Å². The lowest BCUT2D eigenvalue weighted by atomic mass is 9.92. The van der Waals surface area contributed by atoms with Gasteiger partial charge in [0.05, 0.1) is 12.8 Å². The van der Waals surface area contributed by atoms with E-state index in [4.69, 9.17) is 4.74 Å². The molecule has 1 aromatic rings. The van der Waals surface area contributed by atoms with Gasteiger partial charge in [-0.3, -0.25) is 4.79 Å². The first kappa shape index (κ1) is 15.0. The van der Waals surface area contributed by atoms with Gasteiger partial charge in [0.25, 0.3) is 0 Å². The summed E-state index contributed by atoms with van der Waals surface area (Å²) in [7, 11) is 1.34. The molecule has 2 heterocycles. The standard InChI is InChI=1S/C14H20N2O3S/c1-8-7-20-12(14(18)19-3)11(8)16-13(17)10-4-5-15-9(2)6-10/h7,9-10,15H,4-6H2,1-3H3,(H,16,17). The van der Waals surface area contributed by atoms with Crippen LogP contribution in [0.5, 0.6) is 0 Å². The third-order valence-electron chi connectivity index (χ3n) is 3.59. The van der Waals surface area contributed by atoms with Crippen LogP contribution in [0.15, 0.2) is 5.38 Å². The molecule has 1 aliphatic heterocycles. The van der Waals surface area contributed by atoms with Crippen molar-refractivity contribution in [3.8, 4) is 0 Å². The smallest absolute Gasteiger partial charge is 0.350 e. The zero-order valence-electron chi connectivity index (χ0n) is 12.0. The predicted octanol–water partition coefficient (Wildman–Crippen LogP) is 2.17. The topological polar surface area (TPSA) is 67.4 Å². The van der Waals surface area contributed by atoms with Crippen molar-refractivity contribution >= 4 is 28.9 Å². The number of rotatable bonds is 3. The second kappa shape index (κ2) is 6.37. The molecule has 1 aliphatic rings. The molecule has 1 amide bonds. The van der Waals surface area contributed by atoms with Crippen LogP contribution in [-0.2, 0) is 9.53 Å². The minimum atomic E-state index is -0.405. The van der Waals surface area contributed by atoms with Crippen LogP contribution in [0, 0.1) is 12.8 Å². The first-order chi connectivity index (χ1) is 9.52. The molecular weight excluding hydrogens is 276 g/mol. The number of methoxy groups -OCH3 is 1. The van der Waals surface area contributed by atoms with E-state index in [1.54, 1.807) is 0 Å². The van der Waals surface area contributed by atoms with Crippen LogP contribution in [-0.4, -0.2) is 31.6 Å². The minimum absolute atomic E-state index is 0.00366. The molecule has 1 fully saturated rings. The van der Waals surface area contributed by atoms with Crippen LogP contribution >= 0.6 is 11.3 Å². The number of hydrogen-bond donors (Lipinski definition) is 2. The van der Waals surface area contributed by atoms with Gasteiger partial charge in [0.15, 0.2) is 0 Å². The maximum atomic E-state index is 12.3. The number of esters is 1. The van der Waals surface area contributed by atoms with E-state index in [0.717, 1.165) is 24.9 Å². The van der Waals surface area contributed by atoms with E-state index in [1.807, 2.05) is 12.3 Å². The molecule has 0 bridgehead atoms. The fraction of sp³-hybridized carbons (Fsp3) is 0.571. The molecule has 1 saturated heterocycles. The molecule has 110 valence electrons. The summed E-state index contributed by atoms with van der Waals surface area (Å²) in [6, 6.07) is 0.350. The molecule has 0 saturated carbocycles. The molecule has 0 spiro atoms. The Morgan fingerprint density at radius 1 is 1.50 bits per heavy atom. The van der Waals surface area contributed by atoms with Crippen molar-refractivity contribution in [2.75, 3.05) is 19.0 Å². The Morgan fingerprint density at radius 2 is 2.25 bits per heavy atom. The highest BCUT2D eigenvalue weighted by Gasteiger charge is 2.27. The largest absolute Gasteiger partial charge is 0.465 e. The number of carbonyl (C=O) groups excluding carboxylic acids is 2. The number of nitrogens with one attached hydrogen (secondary N) is 2. The van der Waals surface area contributed by atoms with E-state index in [-0.39, 0.29) is 11.8 Å². The molecule has 2 unspecified atom stereocenters. The summed E-state index contributed by atoms with van der Waals surface area (Å²) in [6.45, 7) is 4.81. The molecule has 5 nitrogen and oxygen atoms in total. The maximum Gasteiger partial charge on any atom is 0.350 e. The summed E-state index contributed by atoms with van der Waals surface area (Å²) in [5, 5.41) is 8.09. The fourth-order valence-electron chi connectivity index (χ4n) is 2.44. The molecule has 0 radical (unpaired) electrons. The van der Waals surface area contributed by atoms with Crippen LogP contribution in [0.3, 0.4) is 0 Å². The van der Waals surface area contributed by atoms with Crippen LogP contribution < -0.4 is 10.6 Å². The van der Waals surface area contributed by atoms with E-state index in [0.29, 0.717) is 16.6 Å². The van der Waals surface area contributed by atoms with Gasteiger partial charge in [-0.2, -0.15) is 0 Å². The Bertz CT molecular complexity index is 513. The van der Waals surface area contributed by atoms with Gasteiger partial charge in [-0.15, -0.1) is 11.3 Å². The summed E-state index contributed by atoms with van der Waals surface area (Å²) in [5.41, 5.74) is 1.49. The second-order valence-corrected chi connectivity index (χ2v) is 6.06. The van der Waals surface area contributed by atoms with Gasteiger partial charge in [-0.05, 0) is 44.2 Å². The molecule has 0 aliphatic carbocycles. The molecule has 1 aromatic heterocycles. The lowest BCUT2D eigenvalue weighted by Crippen LogP contribution is -2.40. The van der Waals surface area contributed by atoms with Crippen LogP contribution in [0.1, 0.15) is 35.0 Å². The molecule has 2 N–H and O–H groups in total. The van der Waals surface area contributed by atoms with Gasteiger partial charge in [-0.1, -0.05) is 0 Å². The Morgan fingerprint density at radius 3 is 2.90 bits per heavy atom. The Kier molecular flexibility index (Phi) is 4.77. The van der Waals surface area contributed by atoms with Crippen molar-refractivity contribution in [1.29, 1.82) is 0 Å². The monoisotopic (exact) mass is 296 g/mol. The molecular formula is C14H20N2O3S. The summed E-state index contributed by atoms with van der Waals surface area (Å²) in [4.78, 5) is 24.5. The number of carbonyl (C=O) groups is 2. The molecule has 6 heteroatoms. The second-order valence-electron chi connectivity index (χ2n) is 5.18. The third kappa shape index (κ3) is 3.19. The highest BCUT2D eigenvalue weighted by molar-refractivity contribution is 7.12. The SMILES string of the molecule is COC(=O)c1scc(C)c1NC(=O)C1CCNC(C)C1. The van der Waals surface area contributed by atoms with Crippen molar-refractivity contribution in [3.63, 3.8) is 0 Å². The summed E-state index contributed by atoms with van der Waals surface area (Å²) in [5.74, 6) is -0.418. The quantitative estimate of drug-likeness (QED) is 0.839. The summed E-state index contributed by atoms with van der Waals surface area (Å²) >= 11 is 1.30. The number of anilines is 1. The Hall–Kier alpha value is -1.40. The molecule has 0 aromatic carbocycles. The number of thiophene rings is 1. The number of piperidine rings is 1. The average Bonchev–Trinajstić information content (AvgIpc) is 2.79. The van der Waals surface area contributed by atoms with Gasteiger partial charge >= 0.3 is 5.97 Å². The average molecular weight is 296 g/mol. The number of ether oxygens (including phenoxy) is 1. The normalized spacial score (nSPS) is 22.4. The van der Waals surface area contributed by atoms with Crippen molar-refractivity contribution in [3.05, 3.63) is 15.8 Å². The predicted molar refractivity (Wildman–Crippen MR) is 79.2 cm³/mol. The van der Waals surface area contributed by atoms with E-state index in [2.05, 4.69) is 17.6 Å². The fourth-order valence-corrected chi connectivity index (χ4v) is 3.36. The number of aryl methyl sites for hydroxylation is 1. The Labute approximate surface area is 122 Å². The first-order valence-electron chi connectivity index (χ1n) is 6.73. The molecule has 20 heavy (non-hydrogen) atoms. The van der Waals surface area contributed by atoms with Gasteiger partial charge in [-0.25, -0.2) is 4.79 Å². The van der Waals surface area contributed by atoms with Crippen molar-refractivity contribution in [2.45, 2.75) is 32.7 Å². The summed E-state index contributed by atoms with van der Waals surface area (Å²) in [6.07, 6.45) is 1.65. The van der Waals surface area contributed by atoms with Gasteiger partial charge in [0, 0.05) is 12.0 Å². The van der Waals surface area contributed by atoms with Gasteiger partial charge < -0.3 is 15.4 Å². The Balaban J connectivity index is 2.11. The lowest BCUT2D eigenvalue weighted by Gasteiger charge is -2.27. The number of hydrogen-bond acceptors (Lipinski definition) is 5. The van der Waals surface area contributed by atoms with E-state index in [9.17, 15) is 9.59 Å². The number of amides is 1. The van der Waals surface area contributed by atoms with Crippen LogP contribution in [0.4, 0.5) is 5.69 Å². The maximum absolute atomic E-state index is 12.3. The van der Waals surface area contributed by atoms with E-state index in [1.165, 1.54) is 18.4 Å². The van der Waals surface area contributed by atoms with Gasteiger partial charge in [0.2, 0.25) is 5.91 Å². The van der Waals surface area contributed by atoms with Crippen LogP contribution in [0.2, 0.25) is 0 Å².